The van der Waals surface area contributed by atoms with E-state index in [-0.39, 0.29) is 5.82 Å². The van der Waals surface area contributed by atoms with Crippen LogP contribution in [0.25, 0.3) is 5.52 Å². The molecule has 0 amide bonds. The molecule has 1 aromatic carbocycles. The van der Waals surface area contributed by atoms with Gasteiger partial charge in [0, 0.05) is 35.0 Å². The van der Waals surface area contributed by atoms with Gasteiger partial charge in [-0.05, 0) is 36.8 Å². The van der Waals surface area contributed by atoms with Crippen molar-refractivity contribution in [2.45, 2.75) is 12.2 Å². The van der Waals surface area contributed by atoms with E-state index < -0.39 is 16.0 Å². The van der Waals surface area contributed by atoms with Crippen molar-refractivity contribution >= 4 is 28.0 Å². The molecular weight excluding hydrogens is 367 g/mol. The number of H-pyrrole nitrogens is 1. The standard InChI is InChI=1S/C18H17FN6OS/c1-11-10-15(23-22-11)20-17-14-4-3-9-25(14)24-18(21-17)16(27(2)26)12-5-7-13(19)8-6-12/h3-10,16H,1-2H3,(H2,20,21,22,23,24). The molecule has 138 valence electrons. The Morgan fingerprint density at radius 1 is 1.26 bits per heavy atom. The van der Waals surface area contributed by atoms with Crippen LogP contribution in [-0.4, -0.2) is 35.3 Å². The van der Waals surface area contributed by atoms with Gasteiger partial charge in [-0.1, -0.05) is 12.1 Å². The van der Waals surface area contributed by atoms with Crippen LogP contribution in [0.1, 0.15) is 22.3 Å². The molecule has 0 saturated carbocycles. The Labute approximate surface area is 157 Å². The average Bonchev–Trinajstić information content (AvgIpc) is 3.25. The number of hydrogen-bond donors (Lipinski definition) is 2. The average molecular weight is 384 g/mol. The topological polar surface area (TPSA) is 88.0 Å². The predicted molar refractivity (Wildman–Crippen MR) is 102 cm³/mol. The lowest BCUT2D eigenvalue weighted by Crippen LogP contribution is -2.15. The minimum atomic E-state index is -1.30. The van der Waals surface area contributed by atoms with Gasteiger partial charge in [-0.3, -0.25) is 9.31 Å². The number of aryl methyl sites for hydroxylation is 1. The minimum Gasteiger partial charge on any atom is -0.322 e. The maximum absolute atomic E-state index is 13.3. The van der Waals surface area contributed by atoms with Gasteiger partial charge in [0.25, 0.3) is 0 Å². The molecule has 0 aliphatic carbocycles. The second-order valence-corrected chi connectivity index (χ2v) is 7.62. The van der Waals surface area contributed by atoms with Crippen LogP contribution in [-0.2, 0) is 10.8 Å². The molecule has 0 aliphatic rings. The summed E-state index contributed by atoms with van der Waals surface area (Å²) in [7, 11) is -1.30. The zero-order valence-electron chi connectivity index (χ0n) is 14.7. The molecule has 27 heavy (non-hydrogen) atoms. The lowest BCUT2D eigenvalue weighted by atomic mass is 10.1. The predicted octanol–water partition coefficient (Wildman–Crippen LogP) is 3.11. The first-order valence-electron chi connectivity index (χ1n) is 8.23. The van der Waals surface area contributed by atoms with Gasteiger partial charge in [-0.25, -0.2) is 13.9 Å². The van der Waals surface area contributed by atoms with Crippen LogP contribution in [0, 0.1) is 12.7 Å². The van der Waals surface area contributed by atoms with Crippen molar-refractivity contribution in [3.05, 3.63) is 71.6 Å². The van der Waals surface area contributed by atoms with E-state index in [1.165, 1.54) is 12.1 Å². The van der Waals surface area contributed by atoms with E-state index in [4.69, 9.17) is 0 Å². The molecule has 0 saturated heterocycles. The summed E-state index contributed by atoms with van der Waals surface area (Å²) in [5.41, 5.74) is 2.36. The van der Waals surface area contributed by atoms with Crippen molar-refractivity contribution in [1.29, 1.82) is 0 Å². The number of rotatable bonds is 5. The quantitative estimate of drug-likeness (QED) is 0.552. The summed E-state index contributed by atoms with van der Waals surface area (Å²) >= 11 is 0. The molecule has 0 radical (unpaired) electrons. The molecule has 4 aromatic rings. The van der Waals surface area contributed by atoms with E-state index in [2.05, 4.69) is 25.6 Å². The van der Waals surface area contributed by atoms with Crippen molar-refractivity contribution in [1.82, 2.24) is 24.8 Å². The van der Waals surface area contributed by atoms with Gasteiger partial charge >= 0.3 is 0 Å². The summed E-state index contributed by atoms with van der Waals surface area (Å²) in [5, 5.41) is 14.1. The van der Waals surface area contributed by atoms with Gasteiger partial charge in [-0.2, -0.15) is 10.2 Å². The number of halogens is 1. The molecule has 0 bridgehead atoms. The lowest BCUT2D eigenvalue weighted by Gasteiger charge is -2.15. The van der Waals surface area contributed by atoms with Crippen molar-refractivity contribution in [3.63, 3.8) is 0 Å². The van der Waals surface area contributed by atoms with Gasteiger partial charge < -0.3 is 5.32 Å². The van der Waals surface area contributed by atoms with E-state index in [0.717, 1.165) is 11.2 Å². The number of fused-ring (bicyclic) bond motifs is 1. The molecule has 2 unspecified atom stereocenters. The van der Waals surface area contributed by atoms with E-state index in [1.807, 2.05) is 25.1 Å². The van der Waals surface area contributed by atoms with Gasteiger partial charge in [0.2, 0.25) is 0 Å². The van der Waals surface area contributed by atoms with Crippen LogP contribution in [0.2, 0.25) is 0 Å². The zero-order chi connectivity index (χ0) is 19.0. The molecule has 7 nitrogen and oxygen atoms in total. The third-order valence-corrected chi connectivity index (χ3v) is 5.25. The fraction of sp³-hybridized carbons (Fsp3) is 0.167. The van der Waals surface area contributed by atoms with Crippen LogP contribution in [0.4, 0.5) is 16.0 Å². The monoisotopic (exact) mass is 384 g/mol. The molecule has 4 rings (SSSR count). The third kappa shape index (κ3) is 3.45. The summed E-state index contributed by atoms with van der Waals surface area (Å²) in [6.45, 7) is 1.90. The van der Waals surface area contributed by atoms with Crippen LogP contribution in [0.5, 0.6) is 0 Å². The number of nitrogens with zero attached hydrogens (tertiary/aromatic N) is 4. The minimum absolute atomic E-state index is 0.350. The summed E-state index contributed by atoms with van der Waals surface area (Å²) in [6.07, 6.45) is 3.38. The van der Waals surface area contributed by atoms with Crippen molar-refractivity contribution in [3.8, 4) is 0 Å². The molecule has 2 N–H and O–H groups in total. The van der Waals surface area contributed by atoms with E-state index in [0.29, 0.717) is 23.0 Å². The highest BCUT2D eigenvalue weighted by Crippen LogP contribution is 2.28. The molecular formula is C18H17FN6OS. The molecule has 0 fully saturated rings. The number of nitrogens with one attached hydrogen (secondary N) is 2. The Kier molecular flexibility index (Phi) is 4.44. The summed E-state index contributed by atoms with van der Waals surface area (Å²) < 4.78 is 27.4. The van der Waals surface area contributed by atoms with E-state index >= 15 is 0 Å². The van der Waals surface area contributed by atoms with Gasteiger partial charge in [-0.15, -0.1) is 0 Å². The van der Waals surface area contributed by atoms with Crippen molar-refractivity contribution < 1.29 is 8.60 Å². The highest BCUT2D eigenvalue weighted by molar-refractivity contribution is 7.84. The Hall–Kier alpha value is -3.07. The first kappa shape index (κ1) is 17.3. The van der Waals surface area contributed by atoms with Gasteiger partial charge in [0.05, 0.1) is 0 Å². The highest BCUT2D eigenvalue weighted by Gasteiger charge is 2.23. The van der Waals surface area contributed by atoms with E-state index in [9.17, 15) is 8.60 Å². The van der Waals surface area contributed by atoms with Gasteiger partial charge in [0.1, 0.15) is 16.6 Å². The van der Waals surface area contributed by atoms with Crippen LogP contribution in [0.3, 0.4) is 0 Å². The smallest absolute Gasteiger partial charge is 0.171 e. The van der Waals surface area contributed by atoms with Crippen LogP contribution in [0.15, 0.2) is 48.7 Å². The SMILES string of the molecule is Cc1cc(Nc2nc(C(c3ccc(F)cc3)S(C)=O)nn3cccc23)n[nH]1. The highest BCUT2D eigenvalue weighted by atomic mass is 32.2. The number of anilines is 2. The fourth-order valence-electron chi connectivity index (χ4n) is 2.88. The number of benzene rings is 1. The Bertz CT molecular complexity index is 1120. The van der Waals surface area contributed by atoms with Gasteiger partial charge in [0.15, 0.2) is 17.5 Å². The number of aromatic amines is 1. The Balaban J connectivity index is 1.82. The first-order chi connectivity index (χ1) is 13.0. The molecule has 3 heterocycles. The lowest BCUT2D eigenvalue weighted by molar-refractivity contribution is 0.626. The fourth-order valence-corrected chi connectivity index (χ4v) is 3.82. The second-order valence-electron chi connectivity index (χ2n) is 6.15. The van der Waals surface area contributed by atoms with Crippen molar-refractivity contribution in [2.24, 2.45) is 0 Å². The summed E-state index contributed by atoms with van der Waals surface area (Å²) in [5.74, 6) is 1.20. The summed E-state index contributed by atoms with van der Waals surface area (Å²) in [4.78, 5) is 4.61. The first-order valence-corrected chi connectivity index (χ1v) is 9.85. The molecule has 9 heteroatoms. The Morgan fingerprint density at radius 3 is 2.70 bits per heavy atom. The number of hydrogen-bond acceptors (Lipinski definition) is 5. The molecule has 0 aliphatic heterocycles. The van der Waals surface area contributed by atoms with Crippen LogP contribution < -0.4 is 5.32 Å². The van der Waals surface area contributed by atoms with Crippen LogP contribution >= 0.6 is 0 Å². The molecule has 0 spiro atoms. The molecule has 2 atom stereocenters. The number of aromatic nitrogens is 5. The van der Waals surface area contributed by atoms with E-state index in [1.54, 1.807) is 29.1 Å². The largest absolute Gasteiger partial charge is 0.322 e. The third-order valence-electron chi connectivity index (χ3n) is 4.10. The second kappa shape index (κ2) is 6.92. The van der Waals surface area contributed by atoms with Crippen molar-refractivity contribution in [2.75, 3.05) is 11.6 Å². The summed E-state index contributed by atoms with van der Waals surface area (Å²) in [6, 6.07) is 11.5. The maximum atomic E-state index is 13.3. The zero-order valence-corrected chi connectivity index (χ0v) is 15.5. The molecule has 3 aromatic heterocycles. The normalized spacial score (nSPS) is 13.6. The maximum Gasteiger partial charge on any atom is 0.171 e. The Morgan fingerprint density at radius 2 is 2.04 bits per heavy atom.